The second-order valence-corrected chi connectivity index (χ2v) is 5.08. The summed E-state index contributed by atoms with van der Waals surface area (Å²) in [6.45, 7) is 1.60. The van der Waals surface area contributed by atoms with Crippen molar-refractivity contribution >= 4 is 5.91 Å². The molecule has 1 aliphatic heterocycles. The number of nitrogens with one attached hydrogen (secondary N) is 1. The Morgan fingerprint density at radius 2 is 2.00 bits per heavy atom. The molecular weight excluding hydrogens is 270 g/mol. The molecule has 1 aromatic rings. The third-order valence-corrected chi connectivity index (χ3v) is 3.68. The topological polar surface area (TPSA) is 73.4 Å². The molecule has 2 N–H and O–H groups in total. The van der Waals surface area contributed by atoms with E-state index >= 15 is 0 Å². The van der Waals surface area contributed by atoms with Crippen LogP contribution >= 0.6 is 0 Å². The van der Waals surface area contributed by atoms with Gasteiger partial charge in [-0.05, 0) is 19.8 Å². The molecule has 1 aliphatic rings. The van der Waals surface area contributed by atoms with Crippen LogP contribution in [0.25, 0.3) is 0 Å². The lowest BCUT2D eigenvalue weighted by molar-refractivity contribution is -0.122. The second kappa shape index (κ2) is 5.32. The van der Waals surface area contributed by atoms with Gasteiger partial charge < -0.3 is 15.0 Å². The average Bonchev–Trinajstić information content (AvgIpc) is 2.42. The highest BCUT2D eigenvalue weighted by Gasteiger charge is 2.41. The summed E-state index contributed by atoms with van der Waals surface area (Å²) in [4.78, 5) is 28.1. The molecular formula is C13H16F2N2O3. The molecule has 7 heteroatoms. The minimum atomic E-state index is -2.83. The highest BCUT2D eigenvalue weighted by molar-refractivity contribution is 5.94. The summed E-state index contributed by atoms with van der Waals surface area (Å²) in [5.74, 6) is -0.494. The fourth-order valence-corrected chi connectivity index (χ4v) is 2.24. The van der Waals surface area contributed by atoms with Gasteiger partial charge in [0.05, 0.1) is 0 Å². The molecule has 0 atom stereocenters. The predicted molar refractivity (Wildman–Crippen MR) is 67.9 cm³/mol. The van der Waals surface area contributed by atoms with E-state index in [2.05, 4.69) is 4.98 Å². The number of pyridine rings is 1. The molecule has 1 aromatic heterocycles. The first-order valence-corrected chi connectivity index (χ1v) is 6.32. The third-order valence-electron chi connectivity index (χ3n) is 3.68. The SMILES string of the molecule is Cc1c[nH]cc(C(=O)N2CCC(O)(C(F)F)CC2)c1=O. The lowest BCUT2D eigenvalue weighted by Gasteiger charge is -2.37. The number of aryl methyl sites for hydroxylation is 1. The Balaban J connectivity index is 2.13. The largest absolute Gasteiger partial charge is 0.384 e. The van der Waals surface area contributed by atoms with Crippen LogP contribution < -0.4 is 5.43 Å². The number of amides is 1. The molecule has 20 heavy (non-hydrogen) atoms. The van der Waals surface area contributed by atoms with Gasteiger partial charge in [0.2, 0.25) is 0 Å². The average molecular weight is 286 g/mol. The van der Waals surface area contributed by atoms with Crippen molar-refractivity contribution in [1.29, 1.82) is 0 Å². The van der Waals surface area contributed by atoms with Crippen LogP contribution in [0.1, 0.15) is 28.8 Å². The number of carbonyl (C=O) groups excluding carboxylic acids is 1. The van der Waals surface area contributed by atoms with Crippen molar-refractivity contribution in [3.8, 4) is 0 Å². The number of hydrogen-bond donors (Lipinski definition) is 2. The number of aromatic amines is 1. The summed E-state index contributed by atoms with van der Waals surface area (Å²) in [5.41, 5.74) is -2.00. The number of nitrogens with zero attached hydrogens (tertiary/aromatic N) is 1. The van der Waals surface area contributed by atoms with Crippen LogP contribution in [0, 0.1) is 6.92 Å². The Labute approximate surface area is 114 Å². The molecule has 5 nitrogen and oxygen atoms in total. The van der Waals surface area contributed by atoms with E-state index in [4.69, 9.17) is 0 Å². The second-order valence-electron chi connectivity index (χ2n) is 5.08. The summed E-state index contributed by atoms with van der Waals surface area (Å²) in [5, 5.41) is 9.66. The Kier molecular flexibility index (Phi) is 3.89. The highest BCUT2D eigenvalue weighted by Crippen LogP contribution is 2.28. The number of aromatic nitrogens is 1. The van der Waals surface area contributed by atoms with Gasteiger partial charge in [0.1, 0.15) is 11.2 Å². The summed E-state index contributed by atoms with van der Waals surface area (Å²) in [6.07, 6.45) is -0.418. The number of hydrogen-bond acceptors (Lipinski definition) is 3. The van der Waals surface area contributed by atoms with Gasteiger partial charge in [-0.1, -0.05) is 0 Å². The lowest BCUT2D eigenvalue weighted by atomic mass is 9.91. The van der Waals surface area contributed by atoms with Crippen molar-refractivity contribution in [2.75, 3.05) is 13.1 Å². The minimum absolute atomic E-state index is 0.00696. The maximum Gasteiger partial charge on any atom is 0.266 e. The molecule has 0 radical (unpaired) electrons. The zero-order chi connectivity index (χ0) is 14.9. The van der Waals surface area contributed by atoms with Gasteiger partial charge in [-0.3, -0.25) is 9.59 Å². The fourth-order valence-electron chi connectivity index (χ4n) is 2.24. The quantitative estimate of drug-likeness (QED) is 0.849. The van der Waals surface area contributed by atoms with Crippen molar-refractivity contribution in [3.63, 3.8) is 0 Å². The smallest absolute Gasteiger partial charge is 0.266 e. The van der Waals surface area contributed by atoms with Crippen LogP contribution in [0.15, 0.2) is 17.2 Å². The monoisotopic (exact) mass is 286 g/mol. The zero-order valence-corrected chi connectivity index (χ0v) is 11.0. The van der Waals surface area contributed by atoms with E-state index in [0.29, 0.717) is 5.56 Å². The number of alkyl halides is 2. The van der Waals surface area contributed by atoms with E-state index in [1.807, 2.05) is 0 Å². The number of halogens is 2. The Morgan fingerprint density at radius 1 is 1.40 bits per heavy atom. The first-order valence-electron chi connectivity index (χ1n) is 6.32. The number of H-pyrrole nitrogens is 1. The molecule has 0 bridgehead atoms. The Morgan fingerprint density at radius 3 is 2.55 bits per heavy atom. The molecule has 0 unspecified atom stereocenters. The first kappa shape index (κ1) is 14.6. The van der Waals surface area contributed by atoms with Crippen LogP contribution in [0.2, 0.25) is 0 Å². The lowest BCUT2D eigenvalue weighted by Crippen LogP contribution is -2.50. The molecule has 1 saturated heterocycles. The number of rotatable bonds is 2. The fraction of sp³-hybridized carbons (Fsp3) is 0.538. The molecule has 1 amide bonds. The summed E-state index contributed by atoms with van der Waals surface area (Å²) < 4.78 is 25.3. The summed E-state index contributed by atoms with van der Waals surface area (Å²) in [7, 11) is 0. The third kappa shape index (κ3) is 2.58. The zero-order valence-electron chi connectivity index (χ0n) is 11.0. The Bertz CT molecular complexity index is 563. The predicted octanol–water partition coefficient (Wildman–Crippen LogP) is 0.916. The van der Waals surface area contributed by atoms with Gasteiger partial charge in [-0.25, -0.2) is 8.78 Å². The maximum absolute atomic E-state index is 12.7. The van der Waals surface area contributed by atoms with Crippen LogP contribution in [0.5, 0.6) is 0 Å². The molecule has 0 saturated carbocycles. The number of aliphatic hydroxyl groups is 1. The van der Waals surface area contributed by atoms with Gasteiger partial charge in [0.25, 0.3) is 12.3 Å². The number of likely N-dealkylation sites (tertiary alicyclic amines) is 1. The molecule has 0 spiro atoms. The normalized spacial score (nSPS) is 18.4. The van der Waals surface area contributed by atoms with Crippen LogP contribution in [-0.4, -0.2) is 46.0 Å². The standard InChI is InChI=1S/C13H16F2N2O3/c1-8-6-16-7-9(10(8)18)11(19)17-4-2-13(20,3-5-17)12(14)15/h6-7,12,20H,2-5H2,1H3,(H,16,18). The van der Waals surface area contributed by atoms with Gasteiger partial charge in [-0.2, -0.15) is 0 Å². The van der Waals surface area contributed by atoms with Crippen molar-refractivity contribution in [1.82, 2.24) is 9.88 Å². The highest BCUT2D eigenvalue weighted by atomic mass is 19.3. The Hall–Kier alpha value is -1.76. The van der Waals surface area contributed by atoms with Crippen LogP contribution in [-0.2, 0) is 0 Å². The minimum Gasteiger partial charge on any atom is -0.384 e. The van der Waals surface area contributed by atoms with Crippen molar-refractivity contribution in [2.24, 2.45) is 0 Å². The summed E-state index contributed by atoms with van der Waals surface area (Å²) in [6, 6.07) is 0. The number of carbonyl (C=O) groups is 1. The van der Waals surface area contributed by atoms with E-state index in [1.165, 1.54) is 17.3 Å². The van der Waals surface area contributed by atoms with E-state index in [-0.39, 0.29) is 36.9 Å². The van der Waals surface area contributed by atoms with E-state index in [9.17, 15) is 23.5 Å². The van der Waals surface area contributed by atoms with Crippen molar-refractivity contribution in [3.05, 3.63) is 33.7 Å². The van der Waals surface area contributed by atoms with Gasteiger partial charge in [0, 0.05) is 31.0 Å². The molecule has 0 aromatic carbocycles. The van der Waals surface area contributed by atoms with Crippen molar-refractivity contribution in [2.45, 2.75) is 31.8 Å². The molecule has 0 aliphatic carbocycles. The maximum atomic E-state index is 12.7. The van der Waals surface area contributed by atoms with Gasteiger partial charge in [0.15, 0.2) is 5.43 Å². The summed E-state index contributed by atoms with van der Waals surface area (Å²) >= 11 is 0. The van der Waals surface area contributed by atoms with Gasteiger partial charge >= 0.3 is 0 Å². The number of piperidine rings is 1. The first-order chi connectivity index (χ1) is 9.35. The van der Waals surface area contributed by atoms with E-state index < -0.39 is 17.9 Å². The molecule has 1 fully saturated rings. The van der Waals surface area contributed by atoms with E-state index in [1.54, 1.807) is 6.92 Å². The molecule has 2 heterocycles. The van der Waals surface area contributed by atoms with E-state index in [0.717, 1.165) is 0 Å². The molecule has 110 valence electrons. The van der Waals surface area contributed by atoms with Gasteiger partial charge in [-0.15, -0.1) is 0 Å². The molecule has 2 rings (SSSR count). The van der Waals surface area contributed by atoms with Crippen molar-refractivity contribution < 1.29 is 18.7 Å². The van der Waals surface area contributed by atoms with Crippen LogP contribution in [0.4, 0.5) is 8.78 Å². The van der Waals surface area contributed by atoms with Crippen LogP contribution in [0.3, 0.4) is 0 Å².